The van der Waals surface area contributed by atoms with Crippen molar-refractivity contribution in [2.45, 2.75) is 5.16 Å². The summed E-state index contributed by atoms with van der Waals surface area (Å²) in [5, 5.41) is 11.1. The highest BCUT2D eigenvalue weighted by Gasteiger charge is 2.14. The summed E-state index contributed by atoms with van der Waals surface area (Å²) in [5.74, 6) is -1.96. The summed E-state index contributed by atoms with van der Waals surface area (Å²) in [6.07, 6.45) is 0. The first-order valence-electron chi connectivity index (χ1n) is 4.91. The van der Waals surface area contributed by atoms with Crippen LogP contribution in [0.25, 0.3) is 0 Å². The Morgan fingerprint density at radius 2 is 2.22 bits per heavy atom. The molecule has 0 radical (unpaired) electrons. The van der Waals surface area contributed by atoms with E-state index in [1.54, 1.807) is 7.05 Å². The van der Waals surface area contributed by atoms with Gasteiger partial charge in [0.15, 0.2) is 5.78 Å². The van der Waals surface area contributed by atoms with Crippen LogP contribution in [-0.2, 0) is 7.05 Å². The fraction of sp³-hybridized carbons (Fsp3) is 0.200. The normalized spacial score (nSPS) is 10.6. The summed E-state index contributed by atoms with van der Waals surface area (Å²) < 4.78 is 27.6. The van der Waals surface area contributed by atoms with Crippen molar-refractivity contribution in [2.24, 2.45) is 7.05 Å². The molecule has 1 aromatic heterocycles. The van der Waals surface area contributed by atoms with E-state index < -0.39 is 17.4 Å². The summed E-state index contributed by atoms with van der Waals surface area (Å²) in [6.45, 7) is 0. The van der Waals surface area contributed by atoms with E-state index in [0.29, 0.717) is 5.16 Å². The smallest absolute Gasteiger partial charge is 0.209 e. The van der Waals surface area contributed by atoms with E-state index in [1.165, 1.54) is 4.68 Å². The van der Waals surface area contributed by atoms with Gasteiger partial charge in [0.05, 0.1) is 11.3 Å². The van der Waals surface area contributed by atoms with Crippen molar-refractivity contribution in [1.82, 2.24) is 20.2 Å². The van der Waals surface area contributed by atoms with Gasteiger partial charge in [0.1, 0.15) is 11.6 Å². The molecule has 0 saturated heterocycles. The van der Waals surface area contributed by atoms with Crippen LogP contribution < -0.4 is 0 Å². The number of nitrogens with zero attached hydrogens (tertiary/aromatic N) is 4. The number of thioether (sulfide) groups is 1. The van der Waals surface area contributed by atoms with Crippen molar-refractivity contribution >= 4 is 17.5 Å². The van der Waals surface area contributed by atoms with Crippen molar-refractivity contribution in [3.05, 3.63) is 35.4 Å². The standard InChI is InChI=1S/C10H8F2N4OS/c1-16-10(13-14-15-16)18-5-9(17)7-4-6(11)2-3-8(7)12/h2-4H,5H2,1H3. The molecule has 0 saturated carbocycles. The maximum Gasteiger partial charge on any atom is 0.209 e. The molecule has 0 unspecified atom stereocenters. The van der Waals surface area contributed by atoms with Crippen LogP contribution in [0.2, 0.25) is 0 Å². The molecule has 0 aliphatic rings. The quantitative estimate of drug-likeness (QED) is 0.622. The molecule has 0 aliphatic heterocycles. The number of Topliss-reactive ketones (excluding diaryl/α,β-unsaturated/α-hetero) is 1. The largest absolute Gasteiger partial charge is 0.293 e. The van der Waals surface area contributed by atoms with Gasteiger partial charge in [-0.1, -0.05) is 11.8 Å². The predicted molar refractivity (Wildman–Crippen MR) is 60.2 cm³/mol. The number of ketones is 1. The van der Waals surface area contributed by atoms with Gasteiger partial charge in [0.25, 0.3) is 0 Å². The van der Waals surface area contributed by atoms with Gasteiger partial charge in [-0.15, -0.1) is 5.10 Å². The Hall–Kier alpha value is -1.83. The third-order valence-corrected chi connectivity index (χ3v) is 3.15. The Bertz CT molecular complexity index is 587. The molecule has 1 aromatic carbocycles. The zero-order valence-corrected chi connectivity index (χ0v) is 10.1. The van der Waals surface area contributed by atoms with Gasteiger partial charge in [-0.05, 0) is 28.6 Å². The summed E-state index contributed by atoms with van der Waals surface area (Å²) in [4.78, 5) is 11.7. The summed E-state index contributed by atoms with van der Waals surface area (Å²) in [5.41, 5.74) is -0.266. The number of carbonyl (C=O) groups is 1. The van der Waals surface area contributed by atoms with Crippen LogP contribution in [0.3, 0.4) is 0 Å². The van der Waals surface area contributed by atoms with Crippen molar-refractivity contribution < 1.29 is 13.6 Å². The van der Waals surface area contributed by atoms with Gasteiger partial charge in [-0.3, -0.25) is 4.79 Å². The Labute approximate surface area is 105 Å². The number of aromatic nitrogens is 4. The maximum absolute atomic E-state index is 13.3. The van der Waals surface area contributed by atoms with Crippen LogP contribution >= 0.6 is 11.8 Å². The van der Waals surface area contributed by atoms with Crippen molar-refractivity contribution in [2.75, 3.05) is 5.75 Å². The molecule has 5 nitrogen and oxygen atoms in total. The van der Waals surface area contributed by atoms with Crippen molar-refractivity contribution in [3.8, 4) is 0 Å². The van der Waals surface area contributed by atoms with Crippen LogP contribution in [0, 0.1) is 11.6 Å². The van der Waals surface area contributed by atoms with Gasteiger partial charge >= 0.3 is 0 Å². The van der Waals surface area contributed by atoms with E-state index in [9.17, 15) is 13.6 Å². The predicted octanol–water partition coefficient (Wildman–Crippen LogP) is 1.46. The minimum absolute atomic E-state index is 0.0609. The number of aryl methyl sites for hydroxylation is 1. The SMILES string of the molecule is Cn1nnnc1SCC(=O)c1cc(F)ccc1F. The fourth-order valence-electron chi connectivity index (χ4n) is 1.26. The number of hydrogen-bond donors (Lipinski definition) is 0. The van der Waals surface area contributed by atoms with Crippen LogP contribution in [0.1, 0.15) is 10.4 Å². The van der Waals surface area contributed by atoms with Crippen LogP contribution in [-0.4, -0.2) is 31.7 Å². The molecule has 0 spiro atoms. The minimum atomic E-state index is -0.738. The number of tetrazole rings is 1. The van der Waals surface area contributed by atoms with E-state index >= 15 is 0 Å². The van der Waals surface area contributed by atoms with Gasteiger partial charge in [-0.25, -0.2) is 13.5 Å². The highest BCUT2D eigenvalue weighted by Crippen LogP contribution is 2.17. The Kier molecular flexibility index (Phi) is 3.66. The zero-order valence-electron chi connectivity index (χ0n) is 9.30. The topological polar surface area (TPSA) is 60.7 Å². The molecule has 0 atom stereocenters. The van der Waals surface area contributed by atoms with Crippen LogP contribution in [0.15, 0.2) is 23.4 Å². The summed E-state index contributed by atoms with van der Waals surface area (Å²) in [7, 11) is 1.62. The monoisotopic (exact) mass is 270 g/mol. The Balaban J connectivity index is 2.08. The molecule has 0 bridgehead atoms. The van der Waals surface area contributed by atoms with Crippen molar-refractivity contribution in [3.63, 3.8) is 0 Å². The molecule has 0 fully saturated rings. The van der Waals surface area contributed by atoms with Gasteiger partial charge < -0.3 is 0 Å². The minimum Gasteiger partial charge on any atom is -0.293 e. The lowest BCUT2D eigenvalue weighted by Crippen LogP contribution is -2.07. The molecule has 1 heterocycles. The second kappa shape index (κ2) is 5.21. The van der Waals surface area contributed by atoms with E-state index in [0.717, 1.165) is 30.0 Å². The second-order valence-corrected chi connectivity index (χ2v) is 4.36. The van der Waals surface area contributed by atoms with E-state index in [4.69, 9.17) is 0 Å². The average molecular weight is 270 g/mol. The molecule has 0 aliphatic carbocycles. The Morgan fingerprint density at radius 1 is 1.44 bits per heavy atom. The third kappa shape index (κ3) is 2.70. The summed E-state index contributed by atoms with van der Waals surface area (Å²) in [6, 6.07) is 2.77. The molecular formula is C10H8F2N4OS. The lowest BCUT2D eigenvalue weighted by Gasteiger charge is -2.02. The molecule has 94 valence electrons. The third-order valence-electron chi connectivity index (χ3n) is 2.14. The molecule has 0 amide bonds. The van der Waals surface area contributed by atoms with Crippen LogP contribution in [0.4, 0.5) is 8.78 Å². The highest BCUT2D eigenvalue weighted by molar-refractivity contribution is 7.99. The molecule has 8 heteroatoms. The van der Waals surface area contributed by atoms with E-state index in [1.807, 2.05) is 0 Å². The highest BCUT2D eigenvalue weighted by atomic mass is 32.2. The van der Waals surface area contributed by atoms with Gasteiger partial charge in [-0.2, -0.15) is 0 Å². The Morgan fingerprint density at radius 3 is 2.89 bits per heavy atom. The zero-order chi connectivity index (χ0) is 13.1. The first-order valence-corrected chi connectivity index (χ1v) is 5.90. The lowest BCUT2D eigenvalue weighted by molar-refractivity contribution is 0.101. The maximum atomic E-state index is 13.3. The molecular weight excluding hydrogens is 262 g/mol. The van der Waals surface area contributed by atoms with Gasteiger partial charge in [0, 0.05) is 7.05 Å². The molecule has 2 aromatic rings. The number of carbonyl (C=O) groups excluding carboxylic acids is 1. The van der Waals surface area contributed by atoms with E-state index in [2.05, 4.69) is 15.5 Å². The van der Waals surface area contributed by atoms with Crippen molar-refractivity contribution in [1.29, 1.82) is 0 Å². The number of halogens is 2. The first kappa shape index (κ1) is 12.6. The van der Waals surface area contributed by atoms with E-state index in [-0.39, 0.29) is 11.3 Å². The molecule has 0 N–H and O–H groups in total. The number of hydrogen-bond acceptors (Lipinski definition) is 5. The van der Waals surface area contributed by atoms with Crippen LogP contribution in [0.5, 0.6) is 0 Å². The van der Waals surface area contributed by atoms with Gasteiger partial charge in [0.2, 0.25) is 5.16 Å². The lowest BCUT2D eigenvalue weighted by atomic mass is 10.1. The summed E-state index contributed by atoms with van der Waals surface area (Å²) >= 11 is 1.06. The number of rotatable bonds is 4. The number of benzene rings is 1. The average Bonchev–Trinajstić information content (AvgIpc) is 2.75. The second-order valence-electron chi connectivity index (χ2n) is 3.42. The molecule has 2 rings (SSSR count). The first-order chi connectivity index (χ1) is 8.58. The fourth-order valence-corrected chi connectivity index (χ4v) is 2.00. The molecule has 18 heavy (non-hydrogen) atoms.